The van der Waals surface area contributed by atoms with Gasteiger partial charge < -0.3 is 10.2 Å². The summed E-state index contributed by atoms with van der Waals surface area (Å²) >= 11 is 1.68. The zero-order valence-electron chi connectivity index (χ0n) is 15.2. The van der Waals surface area contributed by atoms with Gasteiger partial charge in [-0.15, -0.1) is 0 Å². The summed E-state index contributed by atoms with van der Waals surface area (Å²) in [5, 5.41) is 7.29. The molecule has 1 aliphatic rings. The molecule has 138 valence electrons. The van der Waals surface area contributed by atoms with E-state index in [2.05, 4.69) is 38.1 Å². The number of nitrogens with one attached hydrogen (secondary N) is 1. The van der Waals surface area contributed by atoms with E-state index in [1.165, 1.54) is 11.3 Å². The largest absolute Gasteiger partial charge is 0.370 e. The van der Waals surface area contributed by atoms with Crippen molar-refractivity contribution in [3.63, 3.8) is 0 Å². The van der Waals surface area contributed by atoms with Crippen LogP contribution in [0.5, 0.6) is 0 Å². The SMILES string of the molecule is O=C(NCC1CCN(c2cccnc2)CC1)c1ccc(-c2ccsc2)cc1. The maximum Gasteiger partial charge on any atom is 0.251 e. The molecule has 0 atom stereocenters. The van der Waals surface area contributed by atoms with Crippen molar-refractivity contribution in [2.45, 2.75) is 12.8 Å². The monoisotopic (exact) mass is 377 g/mol. The predicted molar refractivity (Wildman–Crippen MR) is 111 cm³/mol. The first kappa shape index (κ1) is 17.7. The second-order valence-electron chi connectivity index (χ2n) is 6.94. The van der Waals surface area contributed by atoms with Crippen molar-refractivity contribution >= 4 is 22.9 Å². The molecule has 2 aromatic heterocycles. The van der Waals surface area contributed by atoms with E-state index in [1.807, 2.05) is 36.5 Å². The fourth-order valence-electron chi connectivity index (χ4n) is 3.52. The Labute approximate surface area is 163 Å². The number of aromatic nitrogens is 1. The Bertz CT molecular complexity index is 854. The van der Waals surface area contributed by atoms with Gasteiger partial charge in [0.2, 0.25) is 0 Å². The molecular weight excluding hydrogens is 354 g/mol. The van der Waals surface area contributed by atoms with Crippen LogP contribution in [0.25, 0.3) is 11.1 Å². The van der Waals surface area contributed by atoms with Gasteiger partial charge in [-0.2, -0.15) is 11.3 Å². The number of amides is 1. The number of piperidine rings is 1. The number of hydrogen-bond acceptors (Lipinski definition) is 4. The summed E-state index contributed by atoms with van der Waals surface area (Å²) in [6.07, 6.45) is 5.90. The molecule has 4 nitrogen and oxygen atoms in total. The van der Waals surface area contributed by atoms with Crippen molar-refractivity contribution < 1.29 is 4.79 Å². The molecule has 0 aliphatic carbocycles. The quantitative estimate of drug-likeness (QED) is 0.714. The van der Waals surface area contributed by atoms with Gasteiger partial charge in [-0.1, -0.05) is 12.1 Å². The van der Waals surface area contributed by atoms with Gasteiger partial charge in [0.15, 0.2) is 0 Å². The number of carbonyl (C=O) groups is 1. The Morgan fingerprint density at radius 2 is 1.93 bits per heavy atom. The minimum atomic E-state index is 0.0153. The first-order chi connectivity index (χ1) is 13.3. The van der Waals surface area contributed by atoms with Gasteiger partial charge in [-0.05, 0) is 71.0 Å². The Morgan fingerprint density at radius 3 is 2.59 bits per heavy atom. The number of anilines is 1. The third-order valence-corrected chi connectivity index (χ3v) is 5.86. The lowest BCUT2D eigenvalue weighted by atomic mass is 9.96. The molecule has 1 N–H and O–H groups in total. The maximum atomic E-state index is 12.4. The van der Waals surface area contributed by atoms with Crippen molar-refractivity contribution in [2.24, 2.45) is 5.92 Å². The molecule has 0 unspecified atom stereocenters. The third-order valence-electron chi connectivity index (χ3n) is 5.18. The van der Waals surface area contributed by atoms with Crippen LogP contribution in [0, 0.1) is 5.92 Å². The number of hydrogen-bond donors (Lipinski definition) is 1. The third kappa shape index (κ3) is 4.37. The van der Waals surface area contributed by atoms with Crippen LogP contribution < -0.4 is 10.2 Å². The average molecular weight is 378 g/mol. The Kier molecular flexibility index (Phi) is 5.49. The highest BCUT2D eigenvalue weighted by molar-refractivity contribution is 7.08. The number of pyridine rings is 1. The van der Waals surface area contributed by atoms with E-state index in [0.717, 1.165) is 43.6 Å². The lowest BCUT2D eigenvalue weighted by molar-refractivity contribution is 0.0945. The van der Waals surface area contributed by atoms with Crippen LogP contribution in [-0.2, 0) is 0 Å². The molecule has 1 saturated heterocycles. The van der Waals surface area contributed by atoms with E-state index in [-0.39, 0.29) is 5.91 Å². The average Bonchev–Trinajstić information content (AvgIpc) is 3.28. The highest BCUT2D eigenvalue weighted by Crippen LogP contribution is 2.23. The fraction of sp³-hybridized carbons (Fsp3) is 0.273. The minimum Gasteiger partial charge on any atom is -0.370 e. The van der Waals surface area contributed by atoms with Gasteiger partial charge in [0.05, 0.1) is 11.9 Å². The van der Waals surface area contributed by atoms with Crippen LogP contribution in [-0.4, -0.2) is 30.5 Å². The molecule has 5 heteroatoms. The first-order valence-electron chi connectivity index (χ1n) is 9.35. The zero-order valence-corrected chi connectivity index (χ0v) is 16.0. The summed E-state index contributed by atoms with van der Waals surface area (Å²) in [5.74, 6) is 0.550. The second kappa shape index (κ2) is 8.35. The Morgan fingerprint density at radius 1 is 1.11 bits per heavy atom. The zero-order chi connectivity index (χ0) is 18.5. The van der Waals surface area contributed by atoms with Crippen molar-refractivity contribution in [2.75, 3.05) is 24.5 Å². The minimum absolute atomic E-state index is 0.0153. The van der Waals surface area contributed by atoms with Gasteiger partial charge in [-0.3, -0.25) is 9.78 Å². The van der Waals surface area contributed by atoms with Gasteiger partial charge in [0, 0.05) is 31.4 Å². The highest BCUT2D eigenvalue weighted by Gasteiger charge is 2.20. The van der Waals surface area contributed by atoms with Crippen LogP contribution >= 0.6 is 11.3 Å². The van der Waals surface area contributed by atoms with Gasteiger partial charge in [0.25, 0.3) is 5.91 Å². The van der Waals surface area contributed by atoms with E-state index in [4.69, 9.17) is 0 Å². The summed E-state index contributed by atoms with van der Waals surface area (Å²) in [7, 11) is 0. The summed E-state index contributed by atoms with van der Waals surface area (Å²) < 4.78 is 0. The molecule has 1 fully saturated rings. The molecule has 1 aromatic carbocycles. The maximum absolute atomic E-state index is 12.4. The first-order valence-corrected chi connectivity index (χ1v) is 10.3. The highest BCUT2D eigenvalue weighted by atomic mass is 32.1. The van der Waals surface area contributed by atoms with E-state index >= 15 is 0 Å². The van der Waals surface area contributed by atoms with Crippen LogP contribution in [0.2, 0.25) is 0 Å². The van der Waals surface area contributed by atoms with E-state index in [1.54, 1.807) is 17.5 Å². The van der Waals surface area contributed by atoms with Crippen LogP contribution in [0.3, 0.4) is 0 Å². The summed E-state index contributed by atoms with van der Waals surface area (Å²) in [5.41, 5.74) is 4.26. The van der Waals surface area contributed by atoms with E-state index in [0.29, 0.717) is 5.92 Å². The lowest BCUT2D eigenvalue weighted by Crippen LogP contribution is -2.38. The number of benzene rings is 1. The smallest absolute Gasteiger partial charge is 0.251 e. The number of carbonyl (C=O) groups excluding carboxylic acids is 1. The van der Waals surface area contributed by atoms with Gasteiger partial charge in [0.1, 0.15) is 0 Å². The lowest BCUT2D eigenvalue weighted by Gasteiger charge is -2.33. The Balaban J connectivity index is 1.26. The molecule has 0 bridgehead atoms. The number of nitrogens with zero attached hydrogens (tertiary/aromatic N) is 2. The normalized spacial score (nSPS) is 14.9. The van der Waals surface area contributed by atoms with Crippen molar-refractivity contribution in [3.05, 3.63) is 71.2 Å². The predicted octanol–water partition coefficient (Wildman–Crippen LogP) is 4.46. The molecule has 3 aromatic rings. The molecule has 0 spiro atoms. The molecule has 1 amide bonds. The standard InChI is InChI=1S/C22H23N3OS/c26-22(19-5-3-18(4-6-19)20-9-13-27-16-20)24-14-17-7-11-25(12-8-17)21-2-1-10-23-15-21/h1-6,9-10,13,15-17H,7-8,11-12,14H2,(H,24,26). The van der Waals surface area contributed by atoms with Crippen LogP contribution in [0.4, 0.5) is 5.69 Å². The van der Waals surface area contributed by atoms with Crippen LogP contribution in [0.1, 0.15) is 23.2 Å². The fourth-order valence-corrected chi connectivity index (χ4v) is 4.18. The van der Waals surface area contributed by atoms with E-state index in [9.17, 15) is 4.79 Å². The van der Waals surface area contributed by atoms with Gasteiger partial charge >= 0.3 is 0 Å². The molecule has 1 aliphatic heterocycles. The van der Waals surface area contributed by atoms with Crippen LogP contribution in [0.15, 0.2) is 65.6 Å². The topological polar surface area (TPSA) is 45.2 Å². The molecule has 3 heterocycles. The second-order valence-corrected chi connectivity index (χ2v) is 7.72. The van der Waals surface area contributed by atoms with Crippen molar-refractivity contribution in [3.8, 4) is 11.1 Å². The molecule has 27 heavy (non-hydrogen) atoms. The molecule has 0 radical (unpaired) electrons. The summed E-state index contributed by atoms with van der Waals surface area (Å²) in [4.78, 5) is 19.0. The summed E-state index contributed by atoms with van der Waals surface area (Å²) in [6.45, 7) is 2.77. The van der Waals surface area contributed by atoms with Gasteiger partial charge in [-0.25, -0.2) is 0 Å². The molecular formula is C22H23N3OS. The number of thiophene rings is 1. The number of rotatable bonds is 5. The van der Waals surface area contributed by atoms with Crippen molar-refractivity contribution in [1.82, 2.24) is 10.3 Å². The Hall–Kier alpha value is -2.66. The van der Waals surface area contributed by atoms with Crippen molar-refractivity contribution in [1.29, 1.82) is 0 Å². The van der Waals surface area contributed by atoms with E-state index < -0.39 is 0 Å². The summed E-state index contributed by atoms with van der Waals surface area (Å²) in [6, 6.07) is 14.0. The molecule has 0 saturated carbocycles. The molecule has 4 rings (SSSR count).